The number of aryl methyl sites for hydroxylation is 3. The highest BCUT2D eigenvalue weighted by atomic mass is 15.3. The van der Waals surface area contributed by atoms with Gasteiger partial charge in [0.25, 0.3) is 0 Å². The zero-order valence-electron chi connectivity index (χ0n) is 9.86. The zero-order chi connectivity index (χ0) is 11.5. The molecular weight excluding hydrogens is 200 g/mol. The highest BCUT2D eigenvalue weighted by molar-refractivity contribution is 5.51. The van der Waals surface area contributed by atoms with Crippen molar-refractivity contribution >= 4 is 5.69 Å². The lowest BCUT2D eigenvalue weighted by atomic mass is 10.1. The first-order valence-corrected chi connectivity index (χ1v) is 5.31. The Hall–Kier alpha value is -1.84. The quantitative estimate of drug-likeness (QED) is 0.853. The fraction of sp³-hybridized carbons (Fsp3) is 0.333. The van der Waals surface area contributed by atoms with Crippen molar-refractivity contribution in [1.82, 2.24) is 14.8 Å². The van der Waals surface area contributed by atoms with E-state index in [0.717, 1.165) is 11.5 Å². The molecule has 0 bridgehead atoms. The van der Waals surface area contributed by atoms with Gasteiger partial charge in [0.2, 0.25) is 0 Å². The van der Waals surface area contributed by atoms with Crippen LogP contribution in [0.15, 0.2) is 24.5 Å². The van der Waals surface area contributed by atoms with E-state index >= 15 is 0 Å². The number of nitrogens with zero attached hydrogens (tertiary/aromatic N) is 3. The molecule has 0 atom stereocenters. The standard InChI is InChI=1S/C12H16N4/c1-9-4-5-11(10(2)6-9)13-7-12-15-14-8-16(12)3/h4-6,8,13H,7H2,1-3H3. The van der Waals surface area contributed by atoms with Crippen LogP contribution in [0.5, 0.6) is 0 Å². The molecule has 1 N–H and O–H groups in total. The average molecular weight is 216 g/mol. The Morgan fingerprint density at radius 1 is 1.31 bits per heavy atom. The minimum absolute atomic E-state index is 0.695. The van der Waals surface area contributed by atoms with Crippen molar-refractivity contribution < 1.29 is 0 Å². The highest BCUT2D eigenvalue weighted by Crippen LogP contribution is 2.16. The number of nitrogens with one attached hydrogen (secondary N) is 1. The molecule has 0 amide bonds. The third-order valence-corrected chi connectivity index (χ3v) is 2.62. The van der Waals surface area contributed by atoms with Crippen LogP contribution in [0.3, 0.4) is 0 Å². The molecular formula is C12H16N4. The second-order valence-corrected chi connectivity index (χ2v) is 4.03. The Labute approximate surface area is 95.3 Å². The van der Waals surface area contributed by atoms with E-state index in [1.807, 2.05) is 11.6 Å². The summed E-state index contributed by atoms with van der Waals surface area (Å²) >= 11 is 0. The smallest absolute Gasteiger partial charge is 0.151 e. The Balaban J connectivity index is 2.08. The monoisotopic (exact) mass is 216 g/mol. The third-order valence-electron chi connectivity index (χ3n) is 2.62. The van der Waals surface area contributed by atoms with Crippen molar-refractivity contribution in [1.29, 1.82) is 0 Å². The van der Waals surface area contributed by atoms with E-state index in [1.165, 1.54) is 11.1 Å². The zero-order valence-corrected chi connectivity index (χ0v) is 9.86. The summed E-state index contributed by atoms with van der Waals surface area (Å²) in [6.07, 6.45) is 1.71. The third kappa shape index (κ3) is 2.21. The second kappa shape index (κ2) is 4.35. The molecule has 1 aromatic carbocycles. The summed E-state index contributed by atoms with van der Waals surface area (Å²) < 4.78 is 1.91. The molecule has 2 rings (SSSR count). The van der Waals surface area contributed by atoms with Crippen LogP contribution in [0.1, 0.15) is 17.0 Å². The van der Waals surface area contributed by atoms with Crippen molar-refractivity contribution in [2.24, 2.45) is 7.05 Å². The van der Waals surface area contributed by atoms with Crippen LogP contribution in [0.4, 0.5) is 5.69 Å². The summed E-state index contributed by atoms with van der Waals surface area (Å²) in [6, 6.07) is 6.37. The van der Waals surface area contributed by atoms with Crippen LogP contribution in [0, 0.1) is 13.8 Å². The normalized spacial score (nSPS) is 10.4. The van der Waals surface area contributed by atoms with E-state index in [9.17, 15) is 0 Å². The number of rotatable bonds is 3. The molecule has 16 heavy (non-hydrogen) atoms. The molecule has 2 aromatic rings. The molecule has 0 saturated heterocycles. The molecule has 4 nitrogen and oxygen atoms in total. The SMILES string of the molecule is Cc1ccc(NCc2nncn2C)c(C)c1. The summed E-state index contributed by atoms with van der Waals surface area (Å²) in [5, 5.41) is 11.2. The van der Waals surface area contributed by atoms with Crippen molar-refractivity contribution in [2.75, 3.05) is 5.32 Å². The number of hydrogen-bond donors (Lipinski definition) is 1. The topological polar surface area (TPSA) is 42.7 Å². The lowest BCUT2D eigenvalue weighted by Crippen LogP contribution is -2.06. The lowest BCUT2D eigenvalue weighted by Gasteiger charge is -2.09. The second-order valence-electron chi connectivity index (χ2n) is 4.03. The van der Waals surface area contributed by atoms with E-state index in [-0.39, 0.29) is 0 Å². The maximum absolute atomic E-state index is 4.03. The van der Waals surface area contributed by atoms with Gasteiger partial charge in [-0.15, -0.1) is 10.2 Å². The summed E-state index contributed by atoms with van der Waals surface area (Å²) in [5.74, 6) is 0.931. The summed E-state index contributed by atoms with van der Waals surface area (Å²) in [4.78, 5) is 0. The van der Waals surface area contributed by atoms with Gasteiger partial charge >= 0.3 is 0 Å². The molecule has 0 aliphatic carbocycles. The summed E-state index contributed by atoms with van der Waals surface area (Å²) in [5.41, 5.74) is 3.68. The molecule has 84 valence electrons. The van der Waals surface area contributed by atoms with E-state index in [0.29, 0.717) is 6.54 Å². The maximum atomic E-state index is 4.03. The van der Waals surface area contributed by atoms with Gasteiger partial charge in [0.15, 0.2) is 5.82 Å². The van der Waals surface area contributed by atoms with Gasteiger partial charge in [-0.3, -0.25) is 0 Å². The molecule has 0 unspecified atom stereocenters. The minimum atomic E-state index is 0.695. The van der Waals surface area contributed by atoms with Gasteiger partial charge in [0, 0.05) is 12.7 Å². The lowest BCUT2D eigenvalue weighted by molar-refractivity contribution is 0.812. The van der Waals surface area contributed by atoms with Gasteiger partial charge in [-0.2, -0.15) is 0 Å². The Morgan fingerprint density at radius 2 is 2.12 bits per heavy atom. The first-order valence-electron chi connectivity index (χ1n) is 5.31. The number of hydrogen-bond acceptors (Lipinski definition) is 3. The van der Waals surface area contributed by atoms with Crippen LogP contribution in [-0.2, 0) is 13.6 Å². The summed E-state index contributed by atoms with van der Waals surface area (Å²) in [7, 11) is 1.94. The van der Waals surface area contributed by atoms with Gasteiger partial charge in [0.1, 0.15) is 6.33 Å². The Morgan fingerprint density at radius 3 is 2.75 bits per heavy atom. The van der Waals surface area contributed by atoms with Crippen LogP contribution >= 0.6 is 0 Å². The van der Waals surface area contributed by atoms with Crippen LogP contribution in [0.25, 0.3) is 0 Å². The van der Waals surface area contributed by atoms with Crippen LogP contribution in [0.2, 0.25) is 0 Å². The van der Waals surface area contributed by atoms with Gasteiger partial charge in [-0.1, -0.05) is 17.7 Å². The number of aromatic nitrogens is 3. The maximum Gasteiger partial charge on any atom is 0.151 e. The van der Waals surface area contributed by atoms with Gasteiger partial charge in [-0.25, -0.2) is 0 Å². The van der Waals surface area contributed by atoms with Crippen LogP contribution in [-0.4, -0.2) is 14.8 Å². The molecule has 0 radical (unpaired) electrons. The van der Waals surface area contributed by atoms with Crippen molar-refractivity contribution in [3.63, 3.8) is 0 Å². The fourth-order valence-electron chi connectivity index (χ4n) is 1.65. The highest BCUT2D eigenvalue weighted by Gasteiger charge is 2.02. The first kappa shape index (κ1) is 10.7. The van der Waals surface area contributed by atoms with Gasteiger partial charge < -0.3 is 9.88 Å². The van der Waals surface area contributed by atoms with Crippen LogP contribution < -0.4 is 5.32 Å². The molecule has 0 saturated carbocycles. The van der Waals surface area contributed by atoms with E-state index < -0.39 is 0 Å². The van der Waals surface area contributed by atoms with Crippen molar-refractivity contribution in [3.8, 4) is 0 Å². The molecule has 0 fully saturated rings. The molecule has 0 aliphatic heterocycles. The summed E-state index contributed by atoms with van der Waals surface area (Å²) in [6.45, 7) is 4.89. The van der Waals surface area contributed by atoms with Crippen molar-refractivity contribution in [3.05, 3.63) is 41.5 Å². The predicted molar refractivity (Wildman–Crippen MR) is 64.2 cm³/mol. The Kier molecular flexibility index (Phi) is 2.90. The van der Waals surface area contributed by atoms with E-state index in [4.69, 9.17) is 0 Å². The van der Waals surface area contributed by atoms with Gasteiger partial charge in [0.05, 0.1) is 6.54 Å². The molecule has 4 heteroatoms. The average Bonchev–Trinajstić information content (AvgIpc) is 2.63. The largest absolute Gasteiger partial charge is 0.378 e. The molecule has 0 aliphatic rings. The molecule has 1 heterocycles. The fourth-order valence-corrected chi connectivity index (χ4v) is 1.65. The number of anilines is 1. The van der Waals surface area contributed by atoms with E-state index in [1.54, 1.807) is 6.33 Å². The first-order chi connectivity index (χ1) is 7.66. The van der Waals surface area contributed by atoms with Gasteiger partial charge in [-0.05, 0) is 25.5 Å². The molecule has 1 aromatic heterocycles. The predicted octanol–water partition coefficient (Wildman–Crippen LogP) is 2.04. The van der Waals surface area contributed by atoms with E-state index in [2.05, 4.69) is 47.6 Å². The molecule has 0 spiro atoms. The number of benzene rings is 1. The van der Waals surface area contributed by atoms with Crippen molar-refractivity contribution in [2.45, 2.75) is 20.4 Å². The Bertz CT molecular complexity index is 488. The minimum Gasteiger partial charge on any atom is -0.378 e.